The van der Waals surface area contributed by atoms with Gasteiger partial charge >= 0.3 is 5.92 Å². The molecule has 1 unspecified atom stereocenters. The monoisotopic (exact) mass is 405 g/mol. The molecule has 3 aromatic rings. The quantitative estimate of drug-likeness (QED) is 0.576. The normalized spacial score (nSPS) is 26.1. The van der Waals surface area contributed by atoms with E-state index in [1.807, 2.05) is 30.3 Å². The van der Waals surface area contributed by atoms with Crippen molar-refractivity contribution in [1.29, 1.82) is 0 Å². The van der Waals surface area contributed by atoms with Crippen molar-refractivity contribution in [3.05, 3.63) is 48.5 Å². The third kappa shape index (κ3) is 3.04. The van der Waals surface area contributed by atoms with Crippen LogP contribution >= 0.6 is 0 Å². The fourth-order valence-corrected chi connectivity index (χ4v) is 3.51. The standard InChI is InChI=1S/C19H21F2N5O3/c1-18(9-28)13(8-27)29-17(19(18,20)21)26-11-25-14-15(23-10-24-16(14)26)22-7-12-5-3-2-4-6-12/h2-6,10-11,13,17,27-28H,7-9H2,1H3,(H,22,23,24)/t13-,17-,18?/m1/s1. The molecule has 1 fully saturated rings. The molecule has 3 atom stereocenters. The van der Waals surface area contributed by atoms with Gasteiger partial charge in [0.15, 0.2) is 17.0 Å². The highest BCUT2D eigenvalue weighted by atomic mass is 19.3. The molecule has 1 aliphatic heterocycles. The first kappa shape index (κ1) is 19.6. The van der Waals surface area contributed by atoms with Crippen LogP contribution in [0.3, 0.4) is 0 Å². The van der Waals surface area contributed by atoms with Crippen LogP contribution in [0.1, 0.15) is 18.7 Å². The van der Waals surface area contributed by atoms with Gasteiger partial charge in [0.2, 0.25) is 6.23 Å². The number of nitrogens with zero attached hydrogens (tertiary/aromatic N) is 4. The van der Waals surface area contributed by atoms with E-state index < -0.39 is 36.9 Å². The van der Waals surface area contributed by atoms with Crippen LogP contribution in [0.2, 0.25) is 0 Å². The molecule has 0 saturated carbocycles. The highest BCUT2D eigenvalue weighted by molar-refractivity contribution is 5.82. The van der Waals surface area contributed by atoms with Crippen molar-refractivity contribution < 1.29 is 23.7 Å². The van der Waals surface area contributed by atoms with Gasteiger partial charge in [0.25, 0.3) is 0 Å². The molecule has 4 rings (SSSR count). The number of aromatic nitrogens is 4. The average molecular weight is 405 g/mol. The minimum absolute atomic E-state index is 0.166. The van der Waals surface area contributed by atoms with Gasteiger partial charge in [-0.1, -0.05) is 30.3 Å². The van der Waals surface area contributed by atoms with Gasteiger partial charge in [0.05, 0.1) is 31.1 Å². The summed E-state index contributed by atoms with van der Waals surface area (Å²) in [6.45, 7) is 0.182. The number of benzene rings is 1. The molecule has 3 heterocycles. The van der Waals surface area contributed by atoms with Crippen molar-refractivity contribution in [2.24, 2.45) is 5.41 Å². The number of alkyl halides is 2. The fourth-order valence-electron chi connectivity index (χ4n) is 3.51. The number of hydrogen-bond donors (Lipinski definition) is 3. The second-order valence-electron chi connectivity index (χ2n) is 7.24. The number of aliphatic hydroxyl groups is 2. The Morgan fingerprint density at radius 2 is 1.93 bits per heavy atom. The van der Waals surface area contributed by atoms with E-state index in [1.54, 1.807) is 0 Å². The largest absolute Gasteiger partial charge is 0.395 e. The lowest BCUT2D eigenvalue weighted by Crippen LogP contribution is -2.47. The Balaban J connectivity index is 1.68. The second kappa shape index (κ2) is 7.29. The minimum Gasteiger partial charge on any atom is -0.395 e. The molecule has 0 aliphatic carbocycles. The van der Waals surface area contributed by atoms with Crippen molar-refractivity contribution in [2.75, 3.05) is 18.5 Å². The molecule has 8 nitrogen and oxygen atoms in total. The molecule has 1 saturated heterocycles. The van der Waals surface area contributed by atoms with E-state index in [9.17, 15) is 10.2 Å². The van der Waals surface area contributed by atoms with Gasteiger partial charge in [-0.3, -0.25) is 4.57 Å². The van der Waals surface area contributed by atoms with Crippen LogP contribution < -0.4 is 5.32 Å². The van der Waals surface area contributed by atoms with E-state index in [-0.39, 0.29) is 5.65 Å². The molecule has 1 aliphatic rings. The van der Waals surface area contributed by atoms with Crippen LogP contribution in [0, 0.1) is 5.41 Å². The summed E-state index contributed by atoms with van der Waals surface area (Å²) in [5.41, 5.74) is -0.432. The van der Waals surface area contributed by atoms with Crippen molar-refractivity contribution in [3.8, 4) is 0 Å². The molecular weight excluding hydrogens is 384 g/mol. The molecule has 154 valence electrons. The Morgan fingerprint density at radius 3 is 2.59 bits per heavy atom. The number of ether oxygens (including phenoxy) is 1. The van der Waals surface area contributed by atoms with E-state index in [0.29, 0.717) is 17.9 Å². The lowest BCUT2D eigenvalue weighted by atomic mass is 9.80. The zero-order valence-electron chi connectivity index (χ0n) is 15.7. The van der Waals surface area contributed by atoms with Crippen LogP contribution in [-0.2, 0) is 11.3 Å². The number of imidazole rings is 1. The number of fused-ring (bicyclic) bond motifs is 1. The molecule has 10 heteroatoms. The molecule has 0 spiro atoms. The van der Waals surface area contributed by atoms with Crippen molar-refractivity contribution in [2.45, 2.75) is 31.7 Å². The Kier molecular flexibility index (Phi) is 4.93. The highest BCUT2D eigenvalue weighted by Crippen LogP contribution is 2.55. The lowest BCUT2D eigenvalue weighted by molar-refractivity contribution is -0.152. The Morgan fingerprint density at radius 1 is 1.17 bits per heavy atom. The summed E-state index contributed by atoms with van der Waals surface area (Å²) < 4.78 is 36.9. The van der Waals surface area contributed by atoms with Gasteiger partial charge in [0.1, 0.15) is 6.33 Å². The molecule has 0 radical (unpaired) electrons. The number of anilines is 1. The molecular formula is C19H21F2N5O3. The van der Waals surface area contributed by atoms with Gasteiger partial charge in [-0.25, -0.2) is 23.7 Å². The molecule has 0 amide bonds. The van der Waals surface area contributed by atoms with Crippen molar-refractivity contribution in [1.82, 2.24) is 19.5 Å². The first-order valence-corrected chi connectivity index (χ1v) is 9.12. The smallest absolute Gasteiger partial charge is 0.302 e. The number of rotatable bonds is 6. The summed E-state index contributed by atoms with van der Waals surface area (Å²) in [5, 5.41) is 22.2. The summed E-state index contributed by atoms with van der Waals surface area (Å²) in [6.07, 6.45) is -0.528. The van der Waals surface area contributed by atoms with Gasteiger partial charge in [-0.05, 0) is 12.5 Å². The van der Waals surface area contributed by atoms with Gasteiger partial charge < -0.3 is 20.3 Å². The highest BCUT2D eigenvalue weighted by Gasteiger charge is 2.67. The number of halogens is 2. The van der Waals surface area contributed by atoms with Crippen LogP contribution in [0.15, 0.2) is 43.0 Å². The maximum Gasteiger partial charge on any atom is 0.302 e. The van der Waals surface area contributed by atoms with Crippen LogP contribution in [0.25, 0.3) is 11.2 Å². The predicted octanol–water partition coefficient (Wildman–Crippen LogP) is 1.96. The van der Waals surface area contributed by atoms with Gasteiger partial charge in [-0.2, -0.15) is 0 Å². The molecule has 3 N–H and O–H groups in total. The summed E-state index contributed by atoms with van der Waals surface area (Å²) in [4.78, 5) is 12.5. The van der Waals surface area contributed by atoms with E-state index in [2.05, 4.69) is 20.3 Å². The fraction of sp³-hybridized carbons (Fsp3) is 0.421. The van der Waals surface area contributed by atoms with Gasteiger partial charge in [-0.15, -0.1) is 0 Å². The summed E-state index contributed by atoms with van der Waals surface area (Å²) in [6, 6.07) is 9.63. The first-order valence-electron chi connectivity index (χ1n) is 9.12. The average Bonchev–Trinajstić information content (AvgIpc) is 3.24. The minimum atomic E-state index is -3.47. The Hall–Kier alpha value is -2.69. The number of hydrogen-bond acceptors (Lipinski definition) is 7. The maximum absolute atomic E-state index is 15.2. The summed E-state index contributed by atoms with van der Waals surface area (Å²) >= 11 is 0. The molecule has 0 bridgehead atoms. The molecule has 1 aromatic carbocycles. The molecule has 29 heavy (non-hydrogen) atoms. The topological polar surface area (TPSA) is 105 Å². The second-order valence-corrected chi connectivity index (χ2v) is 7.24. The predicted molar refractivity (Wildman–Crippen MR) is 100 cm³/mol. The van der Waals surface area contributed by atoms with E-state index in [4.69, 9.17) is 4.74 Å². The SMILES string of the molecule is CC1(CO)[C@@H](CO)O[C@@H](n2cnc3c(NCc4ccccc4)ncnc32)C1(F)F. The number of nitrogens with one attached hydrogen (secondary N) is 1. The third-order valence-corrected chi connectivity index (χ3v) is 5.48. The Bertz CT molecular complexity index is 1000. The Labute approximate surface area is 165 Å². The number of aliphatic hydroxyl groups excluding tert-OH is 2. The summed E-state index contributed by atoms with van der Waals surface area (Å²) in [5.74, 6) is -3.06. The first-order chi connectivity index (χ1) is 13.9. The van der Waals surface area contributed by atoms with E-state index >= 15 is 8.78 Å². The van der Waals surface area contributed by atoms with Crippen LogP contribution in [0.4, 0.5) is 14.6 Å². The van der Waals surface area contributed by atoms with E-state index in [0.717, 1.165) is 10.1 Å². The van der Waals surface area contributed by atoms with E-state index in [1.165, 1.54) is 19.6 Å². The lowest BCUT2D eigenvalue weighted by Gasteiger charge is -2.32. The van der Waals surface area contributed by atoms with Gasteiger partial charge in [0, 0.05) is 6.54 Å². The zero-order valence-corrected chi connectivity index (χ0v) is 15.7. The molecule has 2 aromatic heterocycles. The van der Waals surface area contributed by atoms with Crippen molar-refractivity contribution in [3.63, 3.8) is 0 Å². The van der Waals surface area contributed by atoms with Crippen LogP contribution in [0.5, 0.6) is 0 Å². The third-order valence-electron chi connectivity index (χ3n) is 5.48. The van der Waals surface area contributed by atoms with Crippen molar-refractivity contribution >= 4 is 17.0 Å². The summed E-state index contributed by atoms with van der Waals surface area (Å²) in [7, 11) is 0. The van der Waals surface area contributed by atoms with Crippen LogP contribution in [-0.4, -0.2) is 55.0 Å². The maximum atomic E-state index is 15.2. The zero-order chi connectivity index (χ0) is 20.6.